The second-order valence-corrected chi connectivity index (χ2v) is 7.67. The molecule has 0 saturated carbocycles. The van der Waals surface area contributed by atoms with E-state index in [1.807, 2.05) is 0 Å². The number of alkyl halides is 3. The number of hydrogen-bond acceptors (Lipinski definition) is 5. The second kappa shape index (κ2) is 7.23. The van der Waals surface area contributed by atoms with Gasteiger partial charge in [-0.05, 0) is 36.4 Å². The lowest BCUT2D eigenvalue weighted by Gasteiger charge is -2.18. The Labute approximate surface area is 166 Å². The number of pyridine rings is 1. The second-order valence-electron chi connectivity index (χ2n) is 6.25. The van der Waals surface area contributed by atoms with Gasteiger partial charge in [-0.1, -0.05) is 0 Å². The van der Waals surface area contributed by atoms with Gasteiger partial charge < -0.3 is 10.8 Å². The molecule has 0 spiro atoms. The number of amides is 1. The lowest BCUT2D eigenvalue weighted by molar-refractivity contribution is -0.136. The van der Waals surface area contributed by atoms with Crippen molar-refractivity contribution >= 4 is 26.9 Å². The van der Waals surface area contributed by atoms with Crippen LogP contribution >= 0.6 is 0 Å². The largest absolute Gasteiger partial charge is 0.417 e. The molecular weight excluding hydrogens is 429 g/mol. The van der Waals surface area contributed by atoms with Crippen LogP contribution in [0.5, 0.6) is 0 Å². The van der Waals surface area contributed by atoms with Crippen LogP contribution in [0.15, 0.2) is 52.2 Å². The van der Waals surface area contributed by atoms with Crippen molar-refractivity contribution in [2.75, 3.05) is 0 Å². The van der Waals surface area contributed by atoms with Gasteiger partial charge in [-0.15, -0.1) is 0 Å². The van der Waals surface area contributed by atoms with Gasteiger partial charge in [0.1, 0.15) is 0 Å². The van der Waals surface area contributed by atoms with Gasteiger partial charge in [0.2, 0.25) is 5.91 Å². The summed E-state index contributed by atoms with van der Waals surface area (Å²) in [6, 6.07) is 6.26. The van der Waals surface area contributed by atoms with E-state index in [2.05, 4.69) is 0 Å². The molecule has 0 saturated heterocycles. The maximum absolute atomic E-state index is 13.5. The first-order valence-corrected chi connectivity index (χ1v) is 9.57. The first kappa shape index (κ1) is 21.5. The van der Waals surface area contributed by atoms with E-state index >= 15 is 0 Å². The third-order valence-corrected chi connectivity index (χ3v) is 5.22. The lowest BCUT2D eigenvalue weighted by Crippen LogP contribution is -2.23. The average Bonchev–Trinajstić information content (AvgIpc) is 2.65. The Kier molecular flexibility index (Phi) is 5.18. The number of halogens is 3. The third-order valence-electron chi connectivity index (χ3n) is 4.37. The zero-order valence-corrected chi connectivity index (χ0v) is 15.7. The Hall–Kier alpha value is -3.22. The Morgan fingerprint density at radius 2 is 1.77 bits per heavy atom. The normalized spacial score (nSPS) is 12.3. The average molecular weight is 442 g/mol. The van der Waals surface area contributed by atoms with Crippen molar-refractivity contribution in [3.05, 3.63) is 69.5 Å². The Morgan fingerprint density at radius 1 is 1.10 bits per heavy atom. The zero-order chi connectivity index (χ0) is 22.4. The number of hydrogen-bond donors (Lipinski definition) is 3. The highest BCUT2D eigenvalue weighted by atomic mass is 32.2. The summed E-state index contributed by atoms with van der Waals surface area (Å²) in [5.41, 5.74) is 2.32. The predicted octanol–water partition coefficient (Wildman–Crippen LogP) is 1.85. The van der Waals surface area contributed by atoms with Crippen molar-refractivity contribution in [1.82, 2.24) is 4.57 Å². The Morgan fingerprint density at radius 3 is 2.30 bits per heavy atom. The fourth-order valence-electron chi connectivity index (χ4n) is 3.04. The zero-order valence-electron chi connectivity index (χ0n) is 14.8. The van der Waals surface area contributed by atoms with Crippen LogP contribution in [0.3, 0.4) is 0 Å². The van der Waals surface area contributed by atoms with Crippen molar-refractivity contribution in [2.45, 2.75) is 17.7 Å². The minimum Gasteiger partial charge on any atom is -0.392 e. The van der Waals surface area contributed by atoms with Crippen LogP contribution in [0, 0.1) is 0 Å². The van der Waals surface area contributed by atoms with E-state index in [1.165, 1.54) is 18.2 Å². The summed E-state index contributed by atoms with van der Waals surface area (Å²) >= 11 is 0. The van der Waals surface area contributed by atoms with Crippen LogP contribution in [0.4, 0.5) is 13.2 Å². The summed E-state index contributed by atoms with van der Waals surface area (Å²) in [5, 5.41) is 8.96. The van der Waals surface area contributed by atoms with Gasteiger partial charge in [0, 0.05) is 22.6 Å². The summed E-state index contributed by atoms with van der Waals surface area (Å²) in [5.74, 6) is -0.821. The van der Waals surface area contributed by atoms with E-state index in [0.29, 0.717) is 6.07 Å². The molecule has 4 N–H and O–H groups in total. The van der Waals surface area contributed by atoms with Gasteiger partial charge in [-0.2, -0.15) is 21.6 Å². The number of aromatic nitrogens is 1. The minimum atomic E-state index is -5.00. The van der Waals surface area contributed by atoms with E-state index in [1.54, 1.807) is 0 Å². The number of fused-ring (bicyclic) bond motifs is 1. The fraction of sp³-hybridized carbons (Fsp3) is 0.111. The molecule has 3 aromatic rings. The number of nitrogens with zero attached hydrogens (tertiary/aromatic N) is 1. The van der Waals surface area contributed by atoms with Crippen molar-refractivity contribution < 1.29 is 36.0 Å². The number of primary amides is 1. The molecule has 0 radical (unpaired) electrons. The summed E-state index contributed by atoms with van der Waals surface area (Å²) in [4.78, 5) is 23.1. The number of nitrogens with two attached hydrogens (primary N) is 1. The fourth-order valence-corrected chi connectivity index (χ4v) is 3.54. The molecule has 30 heavy (non-hydrogen) atoms. The number of benzene rings is 2. The monoisotopic (exact) mass is 442 g/mol. The predicted molar refractivity (Wildman–Crippen MR) is 98.8 cm³/mol. The van der Waals surface area contributed by atoms with Crippen LogP contribution < -0.4 is 11.3 Å². The molecule has 0 atom stereocenters. The molecule has 0 aliphatic heterocycles. The molecule has 8 nitrogen and oxygen atoms in total. The Balaban J connectivity index is 2.47. The standard InChI is InChI=1S/C18H13F3N2O6S/c19-18(20,21)13-7-16(25)23(14-3-1-9(17(22)26)5-10(14)8-24)15-4-2-11(6-12(13)15)30(27,28)29/h1-7,24H,8H2,(H2,22,26)(H,27,28,29). The minimum absolute atomic E-state index is 0.000673. The number of aliphatic hydroxyl groups excluding tert-OH is 1. The summed E-state index contributed by atoms with van der Waals surface area (Å²) in [6.07, 6.45) is -5.00. The van der Waals surface area contributed by atoms with E-state index in [4.69, 9.17) is 5.73 Å². The third kappa shape index (κ3) is 3.79. The first-order valence-electron chi connectivity index (χ1n) is 8.13. The maximum atomic E-state index is 13.5. The molecule has 0 aliphatic rings. The van der Waals surface area contributed by atoms with Crippen molar-refractivity contribution in [3.8, 4) is 5.69 Å². The molecule has 3 rings (SSSR count). The van der Waals surface area contributed by atoms with Crippen molar-refractivity contribution in [3.63, 3.8) is 0 Å². The first-order chi connectivity index (χ1) is 13.8. The number of carbonyl (C=O) groups is 1. The van der Waals surface area contributed by atoms with Gasteiger partial charge in [-0.25, -0.2) is 0 Å². The number of rotatable bonds is 4. The van der Waals surface area contributed by atoms with Crippen LogP contribution in [0.2, 0.25) is 0 Å². The lowest BCUT2D eigenvalue weighted by atomic mass is 10.1. The SMILES string of the molecule is NC(=O)c1ccc(-n2c(=O)cc(C(F)(F)F)c3cc(S(=O)(=O)O)ccc32)c(CO)c1. The van der Waals surface area contributed by atoms with E-state index in [-0.39, 0.29) is 28.4 Å². The van der Waals surface area contributed by atoms with Crippen LogP contribution in [0.1, 0.15) is 21.5 Å². The molecule has 158 valence electrons. The topological polar surface area (TPSA) is 140 Å². The summed E-state index contributed by atoms with van der Waals surface area (Å²) < 4.78 is 73.3. The van der Waals surface area contributed by atoms with Gasteiger partial charge in [-0.3, -0.25) is 18.7 Å². The molecule has 0 unspecified atom stereocenters. The van der Waals surface area contributed by atoms with Crippen LogP contribution in [0.25, 0.3) is 16.6 Å². The molecule has 2 aromatic carbocycles. The summed E-state index contributed by atoms with van der Waals surface area (Å²) in [7, 11) is -4.82. The molecule has 1 heterocycles. The molecule has 0 fully saturated rings. The molecule has 0 bridgehead atoms. The van der Waals surface area contributed by atoms with E-state index in [0.717, 1.165) is 16.7 Å². The van der Waals surface area contributed by atoms with Gasteiger partial charge in [0.25, 0.3) is 15.7 Å². The van der Waals surface area contributed by atoms with E-state index < -0.39 is 50.2 Å². The van der Waals surface area contributed by atoms with Gasteiger partial charge >= 0.3 is 6.18 Å². The summed E-state index contributed by atoms with van der Waals surface area (Å²) in [6.45, 7) is -0.672. The quantitative estimate of drug-likeness (QED) is 0.527. The smallest absolute Gasteiger partial charge is 0.392 e. The van der Waals surface area contributed by atoms with Crippen molar-refractivity contribution in [1.29, 1.82) is 0 Å². The van der Waals surface area contributed by atoms with Crippen LogP contribution in [-0.2, 0) is 22.9 Å². The molecule has 1 aromatic heterocycles. The molecule has 12 heteroatoms. The van der Waals surface area contributed by atoms with Gasteiger partial charge in [0.15, 0.2) is 0 Å². The number of aliphatic hydroxyl groups is 1. The molecular formula is C18H13F3N2O6S. The molecule has 0 aliphatic carbocycles. The van der Waals surface area contributed by atoms with Crippen LogP contribution in [-0.4, -0.2) is 28.6 Å². The highest BCUT2D eigenvalue weighted by Crippen LogP contribution is 2.35. The van der Waals surface area contributed by atoms with E-state index in [9.17, 15) is 40.8 Å². The number of carbonyl (C=O) groups excluding carboxylic acids is 1. The highest BCUT2D eigenvalue weighted by Gasteiger charge is 2.34. The molecule has 1 amide bonds. The van der Waals surface area contributed by atoms with Crippen molar-refractivity contribution in [2.24, 2.45) is 5.73 Å². The highest BCUT2D eigenvalue weighted by molar-refractivity contribution is 7.85. The maximum Gasteiger partial charge on any atom is 0.417 e. The van der Waals surface area contributed by atoms with Gasteiger partial charge in [0.05, 0.1) is 28.3 Å². The Bertz CT molecular complexity index is 1350.